The van der Waals surface area contributed by atoms with Crippen molar-refractivity contribution >= 4 is 44.9 Å². The summed E-state index contributed by atoms with van der Waals surface area (Å²) in [7, 11) is 0. The van der Waals surface area contributed by atoms with Crippen molar-refractivity contribution in [3.8, 4) is 33.4 Å². The van der Waals surface area contributed by atoms with Crippen LogP contribution in [0.5, 0.6) is 0 Å². The lowest BCUT2D eigenvalue weighted by Crippen LogP contribution is -2.17. The minimum absolute atomic E-state index is 0.213. The van der Waals surface area contributed by atoms with Gasteiger partial charge in [0.15, 0.2) is 0 Å². The van der Waals surface area contributed by atoms with Gasteiger partial charge in [0.1, 0.15) is 12.7 Å². The molecule has 0 amide bonds. The largest absolute Gasteiger partial charge is 0.310 e. The molecular formula is C55H42N6. The van der Waals surface area contributed by atoms with Crippen LogP contribution in [0.1, 0.15) is 47.2 Å². The van der Waals surface area contributed by atoms with Crippen LogP contribution in [0.15, 0.2) is 171 Å². The van der Waals surface area contributed by atoms with Crippen LogP contribution < -0.4 is 9.80 Å². The van der Waals surface area contributed by atoms with Crippen LogP contribution in [0, 0.1) is 0 Å². The van der Waals surface area contributed by atoms with E-state index in [9.17, 15) is 0 Å². The monoisotopic (exact) mass is 786 g/mol. The minimum atomic E-state index is -0.213. The smallest absolute Gasteiger partial charge is 0.115 e. The number of hydrogen-bond donors (Lipinski definition) is 0. The molecule has 9 aromatic rings. The fraction of sp³-hybridized carbons (Fsp3) is 0.127. The Morgan fingerprint density at radius 3 is 1.48 bits per heavy atom. The first-order valence-corrected chi connectivity index (χ1v) is 21.2. The zero-order valence-electron chi connectivity index (χ0n) is 34.2. The molecule has 0 N–H and O–H groups in total. The van der Waals surface area contributed by atoms with Crippen LogP contribution in [0.3, 0.4) is 0 Å². The molecular weight excluding hydrogens is 745 g/mol. The van der Waals surface area contributed by atoms with Gasteiger partial charge in [-0.15, -0.1) is 0 Å². The zero-order valence-corrected chi connectivity index (χ0v) is 34.2. The van der Waals surface area contributed by atoms with Gasteiger partial charge >= 0.3 is 0 Å². The second-order valence-electron chi connectivity index (χ2n) is 17.2. The van der Waals surface area contributed by atoms with E-state index < -0.39 is 0 Å². The molecule has 0 saturated heterocycles. The molecule has 6 nitrogen and oxygen atoms in total. The summed E-state index contributed by atoms with van der Waals surface area (Å²) in [5, 5.41) is 2.49. The van der Waals surface area contributed by atoms with Crippen molar-refractivity contribution in [2.45, 2.75) is 44.9 Å². The molecule has 292 valence electrons. The van der Waals surface area contributed by atoms with Crippen molar-refractivity contribution < 1.29 is 0 Å². The normalized spacial score (nSPS) is 14.5. The van der Waals surface area contributed by atoms with E-state index in [1.54, 1.807) is 12.7 Å². The molecule has 0 unspecified atom stereocenters. The first kappa shape index (κ1) is 35.5. The maximum Gasteiger partial charge on any atom is 0.115 e. The highest BCUT2D eigenvalue weighted by atomic mass is 15.2. The Bertz CT molecular complexity index is 3190. The quantitative estimate of drug-likeness (QED) is 0.177. The summed E-state index contributed by atoms with van der Waals surface area (Å²) < 4.78 is 0. The highest BCUT2D eigenvalue weighted by Crippen LogP contribution is 2.53. The van der Waals surface area contributed by atoms with Crippen molar-refractivity contribution in [2.24, 2.45) is 0 Å². The van der Waals surface area contributed by atoms with Gasteiger partial charge in [-0.1, -0.05) is 74.5 Å². The van der Waals surface area contributed by atoms with Crippen molar-refractivity contribution in [1.82, 2.24) is 19.9 Å². The lowest BCUT2D eigenvalue weighted by atomic mass is 9.81. The van der Waals surface area contributed by atoms with Crippen molar-refractivity contribution in [3.05, 3.63) is 204 Å². The Labute approximate surface area is 355 Å². The van der Waals surface area contributed by atoms with Crippen LogP contribution in [0.25, 0.3) is 44.2 Å². The van der Waals surface area contributed by atoms with E-state index in [0.29, 0.717) is 0 Å². The Morgan fingerprint density at radius 2 is 0.885 bits per heavy atom. The summed E-state index contributed by atoms with van der Waals surface area (Å²) in [6.45, 7) is 4.79. The molecule has 0 saturated carbocycles. The third-order valence-electron chi connectivity index (χ3n) is 13.3. The minimum Gasteiger partial charge on any atom is -0.310 e. The van der Waals surface area contributed by atoms with Crippen molar-refractivity contribution in [2.75, 3.05) is 9.80 Å². The van der Waals surface area contributed by atoms with Gasteiger partial charge in [-0.3, -0.25) is 0 Å². The van der Waals surface area contributed by atoms with Gasteiger partial charge in [0, 0.05) is 75.5 Å². The highest BCUT2D eigenvalue weighted by Gasteiger charge is 2.37. The SMILES string of the molecule is CC1(C)c2cc(N3c4ccccc4CCc4cc(-c5cncnc5)ccc43)ccc2-c2cc3ccc(N4c5ccccc5CCc5cc(-c6cncnc6)ccc54)cc3cc21. The fourth-order valence-corrected chi connectivity index (χ4v) is 10.2. The van der Waals surface area contributed by atoms with E-state index in [2.05, 4.69) is 177 Å². The summed E-state index contributed by atoms with van der Waals surface area (Å²) in [6.07, 6.45) is 14.6. The molecule has 4 heterocycles. The topological polar surface area (TPSA) is 58.0 Å². The van der Waals surface area contributed by atoms with Crippen molar-refractivity contribution in [3.63, 3.8) is 0 Å². The average Bonchev–Trinajstić information content (AvgIpc) is 3.44. The van der Waals surface area contributed by atoms with Gasteiger partial charge in [0.25, 0.3) is 0 Å². The average molecular weight is 787 g/mol. The molecule has 6 heteroatoms. The van der Waals surface area contributed by atoms with Crippen molar-refractivity contribution in [1.29, 1.82) is 0 Å². The Balaban J connectivity index is 0.952. The maximum absolute atomic E-state index is 4.30. The number of anilines is 6. The maximum atomic E-state index is 4.30. The number of para-hydroxylation sites is 2. The Morgan fingerprint density at radius 1 is 0.393 bits per heavy atom. The summed E-state index contributed by atoms with van der Waals surface area (Å²) >= 11 is 0. The van der Waals surface area contributed by atoms with Gasteiger partial charge in [-0.25, -0.2) is 19.9 Å². The molecule has 1 aliphatic carbocycles. The number of hydrogen-bond acceptors (Lipinski definition) is 6. The molecule has 0 fully saturated rings. The lowest BCUT2D eigenvalue weighted by Gasteiger charge is -2.29. The molecule has 61 heavy (non-hydrogen) atoms. The molecule has 0 spiro atoms. The predicted molar refractivity (Wildman–Crippen MR) is 248 cm³/mol. The van der Waals surface area contributed by atoms with E-state index in [0.717, 1.165) is 53.6 Å². The van der Waals surface area contributed by atoms with Gasteiger partial charge in [0.2, 0.25) is 0 Å². The van der Waals surface area contributed by atoms with E-state index >= 15 is 0 Å². The number of rotatable bonds is 4. The number of benzene rings is 7. The van der Waals surface area contributed by atoms with Crippen LogP contribution in [-0.2, 0) is 31.1 Å². The van der Waals surface area contributed by atoms with E-state index in [-0.39, 0.29) is 5.41 Å². The number of nitrogens with zero attached hydrogens (tertiary/aromatic N) is 6. The number of fused-ring (bicyclic) bond motifs is 8. The third-order valence-corrected chi connectivity index (χ3v) is 13.3. The standard InChI is InChI=1S/C55H42N6/c1-55(2)49-27-42-25-45(60-51-9-5-3-7-35(51)11-13-40-23-37(16-21-53(40)60)43-29-56-33-57-30-43)18-15-39(42)26-48(49)47-20-19-46(28-50(47)55)61-52-10-6-4-8-36(52)12-14-41-24-38(17-22-54(41)61)44-31-58-34-59-32-44/h3-10,15-34H,11-14H2,1-2H3. The summed E-state index contributed by atoms with van der Waals surface area (Å²) in [6, 6.07) is 50.5. The van der Waals surface area contributed by atoms with Crippen LogP contribution in [-0.4, -0.2) is 19.9 Å². The highest BCUT2D eigenvalue weighted by molar-refractivity contribution is 5.97. The number of aryl methyl sites for hydroxylation is 4. The summed E-state index contributed by atoms with van der Waals surface area (Å²) in [5.41, 5.74) is 22.1. The second-order valence-corrected chi connectivity index (χ2v) is 17.2. The molecule has 12 rings (SSSR count). The third kappa shape index (κ3) is 5.77. The first-order valence-electron chi connectivity index (χ1n) is 21.2. The number of aromatic nitrogens is 4. The molecule has 0 atom stereocenters. The summed E-state index contributed by atoms with van der Waals surface area (Å²) in [4.78, 5) is 22.1. The van der Waals surface area contributed by atoms with E-state index in [4.69, 9.17) is 0 Å². The molecule has 2 aromatic heterocycles. The van der Waals surface area contributed by atoms with E-state index in [1.807, 2.05) is 24.8 Å². The van der Waals surface area contributed by atoms with Gasteiger partial charge < -0.3 is 9.80 Å². The van der Waals surface area contributed by atoms with Gasteiger partial charge in [0.05, 0.1) is 0 Å². The predicted octanol–water partition coefficient (Wildman–Crippen LogP) is 13.2. The second kappa shape index (κ2) is 13.8. The van der Waals surface area contributed by atoms with Gasteiger partial charge in [-0.2, -0.15) is 0 Å². The first-order chi connectivity index (χ1) is 30.0. The Hall–Kier alpha value is -7.44. The Kier molecular flexibility index (Phi) is 8.04. The van der Waals surface area contributed by atoms with Crippen LogP contribution >= 0.6 is 0 Å². The van der Waals surface area contributed by atoms with Crippen LogP contribution in [0.2, 0.25) is 0 Å². The van der Waals surface area contributed by atoms with Gasteiger partial charge in [-0.05, 0) is 165 Å². The zero-order chi connectivity index (χ0) is 40.7. The molecule has 7 aromatic carbocycles. The summed E-state index contributed by atoms with van der Waals surface area (Å²) in [5.74, 6) is 0. The van der Waals surface area contributed by atoms with Crippen LogP contribution in [0.4, 0.5) is 34.1 Å². The fourth-order valence-electron chi connectivity index (χ4n) is 10.2. The molecule has 0 bridgehead atoms. The lowest BCUT2D eigenvalue weighted by molar-refractivity contribution is 0.661. The molecule has 3 aliphatic rings. The molecule has 2 aliphatic heterocycles. The van der Waals surface area contributed by atoms with E-state index in [1.165, 1.54) is 83.7 Å². The molecule has 0 radical (unpaired) electrons.